The average molecular weight is 469 g/mol. The summed E-state index contributed by atoms with van der Waals surface area (Å²) >= 11 is 4.87. The highest BCUT2D eigenvalue weighted by Crippen LogP contribution is 2.28. The Hall–Kier alpha value is -2.57. The standard InChI is InChI=1S/C23H21BrN2O2S/c1-15-7-5-8-17(13-15)23(28)25-18-9-6-10-19(14-18)29-16(2)22(27)26-21-12-4-3-11-20(21)24/h3-14,16H,1-2H3,(H,25,28)(H,26,27). The topological polar surface area (TPSA) is 58.2 Å². The fraction of sp³-hybridized carbons (Fsp3) is 0.130. The highest BCUT2D eigenvalue weighted by atomic mass is 79.9. The van der Waals surface area contributed by atoms with Gasteiger partial charge >= 0.3 is 0 Å². The van der Waals surface area contributed by atoms with Gasteiger partial charge in [0.1, 0.15) is 0 Å². The van der Waals surface area contributed by atoms with Crippen LogP contribution in [0.4, 0.5) is 11.4 Å². The van der Waals surface area contributed by atoms with Gasteiger partial charge in [0.25, 0.3) is 5.91 Å². The van der Waals surface area contributed by atoms with Crippen molar-refractivity contribution >= 4 is 50.9 Å². The first-order valence-corrected chi connectivity index (χ1v) is 10.8. The number of nitrogens with one attached hydrogen (secondary N) is 2. The molecule has 0 radical (unpaired) electrons. The van der Waals surface area contributed by atoms with Gasteiger partial charge in [-0.15, -0.1) is 11.8 Å². The van der Waals surface area contributed by atoms with Gasteiger partial charge < -0.3 is 10.6 Å². The number of carbonyl (C=O) groups excluding carboxylic acids is 2. The van der Waals surface area contributed by atoms with Gasteiger partial charge in [-0.05, 0) is 72.2 Å². The number of hydrogen-bond donors (Lipinski definition) is 2. The van der Waals surface area contributed by atoms with Gasteiger partial charge in [-0.2, -0.15) is 0 Å². The molecule has 0 aliphatic rings. The van der Waals surface area contributed by atoms with E-state index in [9.17, 15) is 9.59 Å². The van der Waals surface area contributed by atoms with Gasteiger partial charge in [0.2, 0.25) is 5.91 Å². The molecule has 0 aromatic heterocycles. The number of para-hydroxylation sites is 1. The predicted molar refractivity (Wildman–Crippen MR) is 124 cm³/mol. The Morgan fingerprint density at radius 1 is 0.931 bits per heavy atom. The van der Waals surface area contributed by atoms with Gasteiger partial charge in [-0.25, -0.2) is 0 Å². The van der Waals surface area contributed by atoms with Crippen LogP contribution in [0.3, 0.4) is 0 Å². The lowest BCUT2D eigenvalue weighted by molar-refractivity contribution is -0.115. The lowest BCUT2D eigenvalue weighted by Crippen LogP contribution is -2.22. The zero-order valence-corrected chi connectivity index (χ0v) is 18.5. The average Bonchev–Trinajstić information content (AvgIpc) is 2.70. The summed E-state index contributed by atoms with van der Waals surface area (Å²) in [5.41, 5.74) is 3.08. The van der Waals surface area contributed by atoms with E-state index in [2.05, 4.69) is 26.6 Å². The van der Waals surface area contributed by atoms with Crippen LogP contribution < -0.4 is 10.6 Å². The van der Waals surface area contributed by atoms with Crippen LogP contribution in [0, 0.1) is 6.92 Å². The van der Waals surface area contributed by atoms with E-state index in [0.29, 0.717) is 11.3 Å². The van der Waals surface area contributed by atoms with Gasteiger partial charge in [-0.3, -0.25) is 9.59 Å². The lowest BCUT2D eigenvalue weighted by atomic mass is 10.1. The summed E-state index contributed by atoms with van der Waals surface area (Å²) in [5.74, 6) is -0.244. The molecule has 3 rings (SSSR count). The lowest BCUT2D eigenvalue weighted by Gasteiger charge is -2.14. The van der Waals surface area contributed by atoms with E-state index in [1.54, 1.807) is 6.07 Å². The van der Waals surface area contributed by atoms with E-state index in [0.717, 1.165) is 20.6 Å². The highest BCUT2D eigenvalue weighted by Gasteiger charge is 2.16. The Morgan fingerprint density at radius 3 is 2.45 bits per heavy atom. The first-order chi connectivity index (χ1) is 13.9. The van der Waals surface area contributed by atoms with Crippen molar-refractivity contribution in [3.05, 3.63) is 88.4 Å². The fourth-order valence-corrected chi connectivity index (χ4v) is 4.00. The molecule has 3 aromatic rings. The van der Waals surface area contributed by atoms with Crippen molar-refractivity contribution in [2.75, 3.05) is 10.6 Å². The molecule has 0 bridgehead atoms. The molecule has 0 heterocycles. The maximum Gasteiger partial charge on any atom is 0.255 e. The molecule has 0 aliphatic carbocycles. The molecule has 2 N–H and O–H groups in total. The van der Waals surface area contributed by atoms with Crippen LogP contribution in [0.1, 0.15) is 22.8 Å². The Balaban J connectivity index is 1.64. The number of carbonyl (C=O) groups is 2. The summed E-state index contributed by atoms with van der Waals surface area (Å²) in [5, 5.41) is 5.54. The number of benzene rings is 3. The van der Waals surface area contributed by atoms with Crippen molar-refractivity contribution in [1.82, 2.24) is 0 Å². The van der Waals surface area contributed by atoms with Crippen LogP contribution in [0.15, 0.2) is 82.2 Å². The number of halogens is 1. The molecule has 0 spiro atoms. The molecule has 0 saturated heterocycles. The van der Waals surface area contributed by atoms with Crippen LogP contribution in [-0.4, -0.2) is 17.1 Å². The molecule has 29 heavy (non-hydrogen) atoms. The smallest absolute Gasteiger partial charge is 0.255 e. The van der Waals surface area contributed by atoms with Crippen LogP contribution in [0.2, 0.25) is 0 Å². The normalized spacial score (nSPS) is 11.6. The van der Waals surface area contributed by atoms with Crippen LogP contribution in [0.25, 0.3) is 0 Å². The fourth-order valence-electron chi connectivity index (χ4n) is 2.69. The highest BCUT2D eigenvalue weighted by molar-refractivity contribution is 9.10. The second-order valence-corrected chi connectivity index (χ2v) is 8.85. The number of thioether (sulfide) groups is 1. The molecule has 148 valence electrons. The minimum atomic E-state index is -0.301. The summed E-state index contributed by atoms with van der Waals surface area (Å²) in [7, 11) is 0. The van der Waals surface area contributed by atoms with E-state index in [1.807, 2.05) is 80.6 Å². The molecule has 0 saturated carbocycles. The third-order valence-electron chi connectivity index (χ3n) is 4.19. The summed E-state index contributed by atoms with van der Waals surface area (Å²) in [6.07, 6.45) is 0. The SMILES string of the molecule is Cc1cccc(C(=O)Nc2cccc(SC(C)C(=O)Nc3ccccc3Br)c2)c1. The second kappa shape index (κ2) is 9.76. The summed E-state index contributed by atoms with van der Waals surface area (Å²) in [4.78, 5) is 25.9. The van der Waals surface area contributed by atoms with Crippen molar-refractivity contribution in [3.8, 4) is 0 Å². The largest absolute Gasteiger partial charge is 0.324 e. The molecule has 4 nitrogen and oxygen atoms in total. The second-order valence-electron chi connectivity index (χ2n) is 6.58. The number of amides is 2. The maximum absolute atomic E-state index is 12.5. The molecule has 1 atom stereocenters. The summed E-state index contributed by atoms with van der Waals surface area (Å²) in [6.45, 7) is 3.81. The van der Waals surface area contributed by atoms with E-state index in [1.165, 1.54) is 11.8 Å². The zero-order chi connectivity index (χ0) is 20.8. The van der Waals surface area contributed by atoms with Crippen molar-refractivity contribution in [1.29, 1.82) is 0 Å². The molecule has 3 aromatic carbocycles. The summed E-state index contributed by atoms with van der Waals surface area (Å²) in [6, 6.07) is 22.5. The van der Waals surface area contributed by atoms with Gasteiger partial charge in [-0.1, -0.05) is 35.9 Å². The molecular formula is C23H21BrN2O2S. The molecule has 2 amide bonds. The predicted octanol–water partition coefficient (Wildman–Crippen LogP) is 6.13. The number of rotatable bonds is 6. The summed E-state index contributed by atoms with van der Waals surface area (Å²) < 4.78 is 0.839. The monoisotopic (exact) mass is 468 g/mol. The van der Waals surface area contributed by atoms with Crippen molar-refractivity contribution in [2.24, 2.45) is 0 Å². The molecular weight excluding hydrogens is 448 g/mol. The third-order valence-corrected chi connectivity index (χ3v) is 5.97. The molecule has 6 heteroatoms. The van der Waals surface area contributed by atoms with Gasteiger partial charge in [0, 0.05) is 20.6 Å². The van der Waals surface area contributed by atoms with Crippen molar-refractivity contribution < 1.29 is 9.59 Å². The van der Waals surface area contributed by atoms with Gasteiger partial charge in [0.05, 0.1) is 10.9 Å². The van der Waals surface area contributed by atoms with Crippen LogP contribution in [-0.2, 0) is 4.79 Å². The minimum absolute atomic E-state index is 0.0869. The first-order valence-electron chi connectivity index (χ1n) is 9.12. The maximum atomic E-state index is 12.5. The quantitative estimate of drug-likeness (QED) is 0.427. The van der Waals surface area contributed by atoms with E-state index < -0.39 is 0 Å². The Labute approximate surface area is 183 Å². The van der Waals surface area contributed by atoms with Crippen LogP contribution in [0.5, 0.6) is 0 Å². The molecule has 0 aliphatic heterocycles. The third kappa shape index (κ3) is 5.95. The van der Waals surface area contributed by atoms with Crippen molar-refractivity contribution in [3.63, 3.8) is 0 Å². The van der Waals surface area contributed by atoms with Crippen molar-refractivity contribution in [2.45, 2.75) is 24.0 Å². The number of aryl methyl sites for hydroxylation is 1. The molecule has 0 fully saturated rings. The van der Waals surface area contributed by atoms with E-state index in [4.69, 9.17) is 0 Å². The number of hydrogen-bond acceptors (Lipinski definition) is 3. The Morgan fingerprint density at radius 2 is 1.69 bits per heavy atom. The Kier molecular flexibility index (Phi) is 7.12. The minimum Gasteiger partial charge on any atom is -0.324 e. The van der Waals surface area contributed by atoms with Gasteiger partial charge in [0.15, 0.2) is 0 Å². The first kappa shape index (κ1) is 21.1. The number of anilines is 2. The van der Waals surface area contributed by atoms with Crippen LogP contribution >= 0.6 is 27.7 Å². The molecule has 1 unspecified atom stereocenters. The van der Waals surface area contributed by atoms with E-state index in [-0.39, 0.29) is 17.1 Å². The zero-order valence-electron chi connectivity index (χ0n) is 16.1. The van der Waals surface area contributed by atoms with E-state index >= 15 is 0 Å². The Bertz CT molecular complexity index is 1040.